The van der Waals surface area contributed by atoms with Crippen molar-refractivity contribution in [1.29, 1.82) is 5.26 Å². The van der Waals surface area contributed by atoms with Gasteiger partial charge in [-0.25, -0.2) is 0 Å². The summed E-state index contributed by atoms with van der Waals surface area (Å²) >= 11 is 0. The molecule has 0 saturated carbocycles. The lowest BCUT2D eigenvalue weighted by atomic mass is 10.0. The van der Waals surface area contributed by atoms with Gasteiger partial charge in [-0.05, 0) is 62.7 Å². The molecular formula is C23H21N5O2. The number of hydrogen-bond donors (Lipinski definition) is 1. The smallest absolute Gasteiger partial charge is 0.123 e. The number of ether oxygens (including phenoxy) is 2. The van der Waals surface area contributed by atoms with Crippen molar-refractivity contribution in [3.63, 3.8) is 0 Å². The predicted octanol–water partition coefficient (Wildman–Crippen LogP) is 4.66. The molecule has 0 fully saturated rings. The van der Waals surface area contributed by atoms with Crippen LogP contribution in [0.3, 0.4) is 0 Å². The SMILES string of the molecule is COc1cc(C#N)cc(-c2n[nH]c3ccc(O[C@H](C)c4c(C)cnnc4C)cc23)c1. The first-order chi connectivity index (χ1) is 14.5. The molecule has 0 bridgehead atoms. The number of rotatable bonds is 5. The fourth-order valence-corrected chi connectivity index (χ4v) is 3.69. The van der Waals surface area contributed by atoms with Crippen LogP contribution >= 0.6 is 0 Å². The molecule has 2 aromatic heterocycles. The van der Waals surface area contributed by atoms with E-state index in [0.717, 1.165) is 44.7 Å². The van der Waals surface area contributed by atoms with Crippen LogP contribution in [0.25, 0.3) is 22.2 Å². The molecular weight excluding hydrogens is 378 g/mol. The monoisotopic (exact) mass is 399 g/mol. The Morgan fingerprint density at radius 3 is 2.67 bits per heavy atom. The van der Waals surface area contributed by atoms with Crippen molar-refractivity contribution in [3.8, 4) is 28.8 Å². The minimum atomic E-state index is -0.185. The Bertz CT molecular complexity index is 1250. The van der Waals surface area contributed by atoms with Crippen molar-refractivity contribution in [1.82, 2.24) is 20.4 Å². The maximum Gasteiger partial charge on any atom is 0.123 e. The van der Waals surface area contributed by atoms with E-state index in [0.29, 0.717) is 11.3 Å². The summed E-state index contributed by atoms with van der Waals surface area (Å²) in [5.41, 5.74) is 5.85. The second kappa shape index (κ2) is 7.84. The summed E-state index contributed by atoms with van der Waals surface area (Å²) in [5, 5.41) is 25.9. The maximum atomic E-state index is 9.33. The highest BCUT2D eigenvalue weighted by atomic mass is 16.5. The van der Waals surface area contributed by atoms with E-state index in [1.54, 1.807) is 25.4 Å². The first kappa shape index (κ1) is 19.4. The molecule has 2 aromatic carbocycles. The largest absolute Gasteiger partial charge is 0.497 e. The first-order valence-corrected chi connectivity index (χ1v) is 9.53. The summed E-state index contributed by atoms with van der Waals surface area (Å²) in [5.74, 6) is 1.33. The van der Waals surface area contributed by atoms with Gasteiger partial charge in [-0.2, -0.15) is 20.6 Å². The number of aromatic nitrogens is 4. The molecule has 0 saturated heterocycles. The van der Waals surface area contributed by atoms with E-state index in [9.17, 15) is 5.26 Å². The zero-order valence-corrected chi connectivity index (χ0v) is 17.2. The van der Waals surface area contributed by atoms with Gasteiger partial charge in [0.05, 0.1) is 36.1 Å². The molecule has 1 atom stereocenters. The Balaban J connectivity index is 1.73. The summed E-state index contributed by atoms with van der Waals surface area (Å²) in [6.07, 6.45) is 1.56. The number of nitriles is 1. The summed E-state index contributed by atoms with van der Waals surface area (Å²) in [4.78, 5) is 0. The second-order valence-electron chi connectivity index (χ2n) is 7.13. The first-order valence-electron chi connectivity index (χ1n) is 9.53. The summed E-state index contributed by atoms with van der Waals surface area (Å²) < 4.78 is 11.6. The van der Waals surface area contributed by atoms with Crippen LogP contribution in [0.2, 0.25) is 0 Å². The lowest BCUT2D eigenvalue weighted by Crippen LogP contribution is -2.09. The van der Waals surface area contributed by atoms with Crippen molar-refractivity contribution in [2.24, 2.45) is 0 Å². The quantitative estimate of drug-likeness (QED) is 0.524. The summed E-state index contributed by atoms with van der Waals surface area (Å²) in [7, 11) is 1.58. The van der Waals surface area contributed by atoms with E-state index < -0.39 is 0 Å². The van der Waals surface area contributed by atoms with Gasteiger partial charge in [0.25, 0.3) is 0 Å². The molecule has 0 radical (unpaired) electrons. The third-order valence-electron chi connectivity index (χ3n) is 5.07. The third kappa shape index (κ3) is 3.55. The number of hydrogen-bond acceptors (Lipinski definition) is 6. The molecule has 1 N–H and O–H groups in total. The molecule has 0 unspecified atom stereocenters. The number of nitrogens with one attached hydrogen (secondary N) is 1. The topological polar surface area (TPSA) is 96.7 Å². The number of H-pyrrole nitrogens is 1. The van der Waals surface area contributed by atoms with Crippen LogP contribution in [-0.4, -0.2) is 27.5 Å². The van der Waals surface area contributed by atoms with Crippen LogP contribution in [0.15, 0.2) is 42.6 Å². The number of nitrogens with zero attached hydrogens (tertiary/aromatic N) is 4. The Labute approximate surface area is 174 Å². The van der Waals surface area contributed by atoms with Gasteiger partial charge in [0.2, 0.25) is 0 Å². The average Bonchev–Trinajstić information content (AvgIpc) is 3.16. The van der Waals surface area contributed by atoms with Crippen molar-refractivity contribution in [2.75, 3.05) is 7.11 Å². The minimum Gasteiger partial charge on any atom is -0.497 e. The number of aryl methyl sites for hydroxylation is 2. The van der Waals surface area contributed by atoms with E-state index >= 15 is 0 Å². The molecule has 4 aromatic rings. The lowest BCUT2D eigenvalue weighted by Gasteiger charge is -2.18. The predicted molar refractivity (Wildman–Crippen MR) is 113 cm³/mol. The molecule has 150 valence electrons. The normalized spacial score (nSPS) is 11.8. The maximum absolute atomic E-state index is 9.33. The Hall–Kier alpha value is -3.92. The van der Waals surface area contributed by atoms with Crippen LogP contribution in [0, 0.1) is 25.2 Å². The molecule has 0 spiro atoms. The average molecular weight is 399 g/mol. The standard InChI is InChI=1S/C23H21N5O2/c1-13-12-25-26-14(2)22(13)15(3)30-18-5-6-21-20(10-18)23(28-27-21)17-7-16(11-24)8-19(9-17)29-4/h5-10,12,15H,1-4H3,(H,27,28)/t15-/m1/s1. The molecule has 2 heterocycles. The van der Waals surface area contributed by atoms with E-state index in [1.165, 1.54) is 0 Å². The van der Waals surface area contributed by atoms with Crippen LogP contribution in [0.5, 0.6) is 11.5 Å². The molecule has 30 heavy (non-hydrogen) atoms. The second-order valence-corrected chi connectivity index (χ2v) is 7.13. The minimum absolute atomic E-state index is 0.185. The van der Waals surface area contributed by atoms with Crippen molar-refractivity contribution >= 4 is 10.9 Å². The van der Waals surface area contributed by atoms with Crippen molar-refractivity contribution in [2.45, 2.75) is 26.9 Å². The molecule has 0 aliphatic heterocycles. The lowest BCUT2D eigenvalue weighted by molar-refractivity contribution is 0.225. The van der Waals surface area contributed by atoms with Crippen LogP contribution < -0.4 is 9.47 Å². The molecule has 0 amide bonds. The van der Waals surface area contributed by atoms with Crippen molar-refractivity contribution < 1.29 is 9.47 Å². The highest BCUT2D eigenvalue weighted by Crippen LogP contribution is 2.33. The number of aromatic amines is 1. The van der Waals surface area contributed by atoms with Crippen molar-refractivity contribution in [3.05, 3.63) is 65.0 Å². The molecule has 0 aliphatic rings. The number of methoxy groups -OCH3 is 1. The molecule has 4 rings (SSSR count). The van der Waals surface area contributed by atoms with Gasteiger partial charge in [0, 0.05) is 16.5 Å². The molecule has 7 nitrogen and oxygen atoms in total. The number of benzene rings is 2. The van der Waals surface area contributed by atoms with Crippen LogP contribution in [0.1, 0.15) is 35.4 Å². The van der Waals surface area contributed by atoms with Gasteiger partial charge in [0.1, 0.15) is 23.3 Å². The zero-order chi connectivity index (χ0) is 21.3. The number of fused-ring (bicyclic) bond motifs is 1. The highest BCUT2D eigenvalue weighted by Gasteiger charge is 2.16. The van der Waals surface area contributed by atoms with Crippen LogP contribution in [0.4, 0.5) is 0 Å². The fraction of sp³-hybridized carbons (Fsp3) is 0.217. The third-order valence-corrected chi connectivity index (χ3v) is 5.07. The Kier molecular flexibility index (Phi) is 5.07. The van der Waals surface area contributed by atoms with Gasteiger partial charge in [0.15, 0.2) is 0 Å². The zero-order valence-electron chi connectivity index (χ0n) is 17.2. The molecule has 0 aliphatic carbocycles. The Morgan fingerprint density at radius 2 is 1.93 bits per heavy atom. The fourth-order valence-electron chi connectivity index (χ4n) is 3.69. The Morgan fingerprint density at radius 1 is 1.10 bits per heavy atom. The van der Waals surface area contributed by atoms with Gasteiger partial charge in [-0.3, -0.25) is 5.10 Å². The van der Waals surface area contributed by atoms with Gasteiger partial charge < -0.3 is 9.47 Å². The van der Waals surface area contributed by atoms with E-state index in [2.05, 4.69) is 26.5 Å². The molecule has 7 heteroatoms. The highest BCUT2D eigenvalue weighted by molar-refractivity contribution is 5.94. The van der Waals surface area contributed by atoms with Gasteiger partial charge >= 0.3 is 0 Å². The summed E-state index contributed by atoms with van der Waals surface area (Å²) in [6, 6.07) is 13.3. The summed E-state index contributed by atoms with van der Waals surface area (Å²) in [6.45, 7) is 5.94. The van der Waals surface area contributed by atoms with E-state index in [-0.39, 0.29) is 6.10 Å². The van der Waals surface area contributed by atoms with Crippen LogP contribution in [-0.2, 0) is 0 Å². The van der Waals surface area contributed by atoms with Gasteiger partial charge in [-0.1, -0.05) is 0 Å². The van der Waals surface area contributed by atoms with E-state index in [4.69, 9.17) is 9.47 Å². The van der Waals surface area contributed by atoms with Gasteiger partial charge in [-0.15, -0.1) is 0 Å². The van der Waals surface area contributed by atoms with E-state index in [1.807, 2.05) is 45.0 Å².